The third-order valence-electron chi connectivity index (χ3n) is 4.32. The number of nitrogen functional groups attached to an aromatic ring is 1. The molecule has 2 atom stereocenters. The highest BCUT2D eigenvalue weighted by Gasteiger charge is 2.27. The van der Waals surface area contributed by atoms with E-state index in [0.717, 1.165) is 36.4 Å². The fourth-order valence-corrected chi connectivity index (χ4v) is 3.14. The van der Waals surface area contributed by atoms with Gasteiger partial charge in [0.15, 0.2) is 0 Å². The van der Waals surface area contributed by atoms with E-state index in [9.17, 15) is 0 Å². The van der Waals surface area contributed by atoms with Crippen LogP contribution < -0.4 is 15.8 Å². The number of benzene rings is 2. The van der Waals surface area contributed by atoms with Gasteiger partial charge in [0, 0.05) is 11.3 Å². The molecule has 1 aliphatic heterocycles. The first-order valence-corrected chi connectivity index (χ1v) is 8.10. The first kappa shape index (κ1) is 15.8. The maximum Gasteiger partial charge on any atom is 0.124 e. The van der Waals surface area contributed by atoms with Gasteiger partial charge in [0.05, 0.1) is 25.9 Å². The number of hydrogen-bond donors (Lipinski definition) is 2. The van der Waals surface area contributed by atoms with Crippen molar-refractivity contribution in [2.45, 2.75) is 31.6 Å². The maximum absolute atomic E-state index is 6.24. The van der Waals surface area contributed by atoms with Crippen LogP contribution in [0.1, 0.15) is 30.0 Å². The molecule has 0 aromatic heterocycles. The second-order valence-electron chi connectivity index (χ2n) is 5.91. The number of anilines is 1. The highest BCUT2D eigenvalue weighted by molar-refractivity contribution is 5.47. The van der Waals surface area contributed by atoms with E-state index in [1.54, 1.807) is 7.11 Å². The Bertz CT molecular complexity index is 631. The zero-order valence-corrected chi connectivity index (χ0v) is 13.5. The number of rotatable bonds is 5. The zero-order valence-electron chi connectivity index (χ0n) is 13.5. The van der Waals surface area contributed by atoms with Crippen molar-refractivity contribution in [3.63, 3.8) is 0 Å². The van der Waals surface area contributed by atoms with Crippen molar-refractivity contribution >= 4 is 5.69 Å². The van der Waals surface area contributed by atoms with Crippen LogP contribution in [0.3, 0.4) is 0 Å². The summed E-state index contributed by atoms with van der Waals surface area (Å²) in [5, 5.41) is 3.58. The monoisotopic (exact) mass is 312 g/mol. The molecule has 0 bridgehead atoms. The lowest BCUT2D eigenvalue weighted by molar-refractivity contribution is -0.00423. The predicted molar refractivity (Wildman–Crippen MR) is 92.4 cm³/mol. The van der Waals surface area contributed by atoms with E-state index in [1.165, 1.54) is 5.56 Å². The van der Waals surface area contributed by atoms with E-state index >= 15 is 0 Å². The molecule has 1 fully saturated rings. The van der Waals surface area contributed by atoms with Crippen molar-refractivity contribution in [3.8, 4) is 5.75 Å². The molecule has 0 radical (unpaired) electrons. The minimum absolute atomic E-state index is 0.150. The van der Waals surface area contributed by atoms with Crippen molar-refractivity contribution in [2.75, 3.05) is 19.4 Å². The molecule has 4 heteroatoms. The summed E-state index contributed by atoms with van der Waals surface area (Å²) >= 11 is 0. The first-order valence-electron chi connectivity index (χ1n) is 8.10. The van der Waals surface area contributed by atoms with E-state index < -0.39 is 0 Å². The van der Waals surface area contributed by atoms with Crippen LogP contribution in [0.5, 0.6) is 5.75 Å². The summed E-state index contributed by atoms with van der Waals surface area (Å²) in [5.41, 5.74) is 8.88. The van der Waals surface area contributed by atoms with Crippen LogP contribution in [0, 0.1) is 0 Å². The maximum atomic E-state index is 6.24. The summed E-state index contributed by atoms with van der Waals surface area (Å²) in [4.78, 5) is 0. The Kier molecular flexibility index (Phi) is 5.16. The normalized spacial score (nSPS) is 21.1. The van der Waals surface area contributed by atoms with Crippen LogP contribution in [-0.4, -0.2) is 19.8 Å². The highest BCUT2D eigenvalue weighted by Crippen LogP contribution is 2.29. The van der Waals surface area contributed by atoms with Crippen LogP contribution in [-0.2, 0) is 11.3 Å². The number of nitrogens with two attached hydrogens (primary N) is 1. The second kappa shape index (κ2) is 7.49. The van der Waals surface area contributed by atoms with Crippen LogP contribution in [0.25, 0.3) is 0 Å². The quantitative estimate of drug-likeness (QED) is 0.832. The summed E-state index contributed by atoms with van der Waals surface area (Å²) in [6.45, 7) is 1.53. The van der Waals surface area contributed by atoms with Crippen molar-refractivity contribution in [2.24, 2.45) is 0 Å². The van der Waals surface area contributed by atoms with Gasteiger partial charge in [0.2, 0.25) is 0 Å². The average Bonchev–Trinajstić information content (AvgIpc) is 2.61. The number of hydrogen-bond acceptors (Lipinski definition) is 4. The van der Waals surface area contributed by atoms with Crippen molar-refractivity contribution < 1.29 is 9.47 Å². The molecule has 0 amide bonds. The molecule has 0 saturated carbocycles. The third-order valence-corrected chi connectivity index (χ3v) is 4.32. The minimum atomic E-state index is 0.150. The summed E-state index contributed by atoms with van der Waals surface area (Å²) in [5.74, 6) is 0.819. The molecule has 122 valence electrons. The molecule has 0 unspecified atom stereocenters. The van der Waals surface area contributed by atoms with Crippen molar-refractivity contribution in [1.82, 2.24) is 5.32 Å². The minimum Gasteiger partial charge on any atom is -0.496 e. The lowest BCUT2D eigenvalue weighted by Crippen LogP contribution is -2.39. The summed E-state index contributed by atoms with van der Waals surface area (Å²) in [6, 6.07) is 16.4. The molecule has 1 saturated heterocycles. The van der Waals surface area contributed by atoms with E-state index in [2.05, 4.69) is 29.6 Å². The number of methoxy groups -OCH3 is 1. The Balaban J connectivity index is 1.72. The van der Waals surface area contributed by atoms with E-state index in [0.29, 0.717) is 6.61 Å². The molecular weight excluding hydrogens is 288 g/mol. The zero-order chi connectivity index (χ0) is 16.1. The number of piperidine rings is 1. The van der Waals surface area contributed by atoms with Gasteiger partial charge >= 0.3 is 0 Å². The van der Waals surface area contributed by atoms with Crippen LogP contribution in [0.2, 0.25) is 0 Å². The molecule has 1 aliphatic rings. The molecular formula is C19H24N2O2. The van der Waals surface area contributed by atoms with Gasteiger partial charge in [0.1, 0.15) is 5.75 Å². The Hall–Kier alpha value is -2.04. The lowest BCUT2D eigenvalue weighted by atomic mass is 9.94. The number of nitrogens with one attached hydrogen (secondary N) is 1. The van der Waals surface area contributed by atoms with Gasteiger partial charge in [-0.1, -0.05) is 30.3 Å². The Morgan fingerprint density at radius 2 is 2.00 bits per heavy atom. The summed E-state index contributed by atoms with van der Waals surface area (Å²) < 4.78 is 11.6. The Morgan fingerprint density at radius 3 is 2.78 bits per heavy atom. The van der Waals surface area contributed by atoms with Crippen LogP contribution in [0.4, 0.5) is 5.69 Å². The van der Waals surface area contributed by atoms with Crippen LogP contribution in [0.15, 0.2) is 48.5 Å². The summed E-state index contributed by atoms with van der Waals surface area (Å²) in [6.07, 6.45) is 2.33. The van der Waals surface area contributed by atoms with Gasteiger partial charge in [-0.15, -0.1) is 0 Å². The topological polar surface area (TPSA) is 56.5 Å². The first-order chi connectivity index (χ1) is 11.3. The van der Waals surface area contributed by atoms with Crippen molar-refractivity contribution in [1.29, 1.82) is 0 Å². The predicted octanol–water partition coefficient (Wildman–Crippen LogP) is 3.29. The lowest BCUT2D eigenvalue weighted by Gasteiger charge is -2.33. The van der Waals surface area contributed by atoms with Gasteiger partial charge in [-0.2, -0.15) is 0 Å². The van der Waals surface area contributed by atoms with Gasteiger partial charge in [-0.05, 0) is 43.1 Å². The number of ether oxygens (including phenoxy) is 2. The molecule has 3 rings (SSSR count). The average molecular weight is 312 g/mol. The molecule has 23 heavy (non-hydrogen) atoms. The van der Waals surface area contributed by atoms with E-state index in [-0.39, 0.29) is 12.1 Å². The van der Waals surface area contributed by atoms with Gasteiger partial charge in [0.25, 0.3) is 0 Å². The fourth-order valence-electron chi connectivity index (χ4n) is 3.14. The Labute approximate surface area is 137 Å². The molecule has 2 aromatic rings. The third kappa shape index (κ3) is 3.84. The molecule has 0 spiro atoms. The largest absolute Gasteiger partial charge is 0.496 e. The van der Waals surface area contributed by atoms with Gasteiger partial charge in [-0.25, -0.2) is 0 Å². The molecule has 1 heterocycles. The summed E-state index contributed by atoms with van der Waals surface area (Å²) in [7, 11) is 1.67. The smallest absolute Gasteiger partial charge is 0.124 e. The fraction of sp³-hybridized carbons (Fsp3) is 0.368. The van der Waals surface area contributed by atoms with E-state index in [1.807, 2.05) is 24.3 Å². The molecule has 4 nitrogen and oxygen atoms in total. The van der Waals surface area contributed by atoms with Crippen molar-refractivity contribution in [3.05, 3.63) is 59.7 Å². The SMILES string of the molecule is COc1ccc(N)cc1CO[C@@H]1CCCN[C@@H]1c1ccccc1. The highest BCUT2D eigenvalue weighted by atomic mass is 16.5. The second-order valence-corrected chi connectivity index (χ2v) is 5.91. The molecule has 3 N–H and O–H groups in total. The van der Waals surface area contributed by atoms with Gasteiger partial charge in [-0.3, -0.25) is 0 Å². The standard InChI is InChI=1S/C19H24N2O2/c1-22-17-10-9-16(20)12-15(17)13-23-18-8-5-11-21-19(18)14-6-3-2-4-7-14/h2-4,6-7,9-10,12,18-19,21H,5,8,11,13,20H2,1H3/t18-,19-/m1/s1. The van der Waals surface area contributed by atoms with Crippen LogP contribution >= 0.6 is 0 Å². The van der Waals surface area contributed by atoms with E-state index in [4.69, 9.17) is 15.2 Å². The Morgan fingerprint density at radius 1 is 1.17 bits per heavy atom. The molecule has 0 aliphatic carbocycles. The molecule has 2 aromatic carbocycles. The van der Waals surface area contributed by atoms with Gasteiger partial charge < -0.3 is 20.5 Å².